The fourth-order valence-corrected chi connectivity index (χ4v) is 1.79. The molecule has 0 amide bonds. The highest BCUT2D eigenvalue weighted by atomic mass is 32.2. The molecule has 0 aliphatic carbocycles. The molecule has 1 aromatic carbocycles. The molecule has 0 radical (unpaired) electrons. The highest BCUT2D eigenvalue weighted by molar-refractivity contribution is 7.85. The molecule has 0 fully saturated rings. The normalized spacial score (nSPS) is 14.3. The van der Waals surface area contributed by atoms with E-state index in [1.807, 2.05) is 13.8 Å². The summed E-state index contributed by atoms with van der Waals surface area (Å²) in [7, 11) is -0.784. The van der Waals surface area contributed by atoms with E-state index in [-0.39, 0.29) is 10.8 Å². The molecule has 3 N–H and O–H groups in total. The molecular formula is C11H15N2O3PS. The van der Waals surface area contributed by atoms with E-state index in [2.05, 4.69) is 13.9 Å². The Labute approximate surface area is 109 Å². The maximum absolute atomic E-state index is 10.8. The molecule has 0 aliphatic heterocycles. The van der Waals surface area contributed by atoms with Crippen LogP contribution < -0.4 is 5.73 Å². The van der Waals surface area contributed by atoms with Crippen LogP contribution in [0.25, 0.3) is 0 Å². The van der Waals surface area contributed by atoms with Crippen LogP contribution in [-0.2, 0) is 10.1 Å². The zero-order valence-electron chi connectivity index (χ0n) is 10.1. The number of benzene rings is 1. The Morgan fingerprint density at radius 3 is 2.28 bits per heavy atom. The summed E-state index contributed by atoms with van der Waals surface area (Å²) in [6, 6.07) is 5.50. The number of hydrogen-bond acceptors (Lipinski definition) is 3. The van der Waals surface area contributed by atoms with E-state index in [1.54, 1.807) is 0 Å². The van der Waals surface area contributed by atoms with E-state index in [0.29, 0.717) is 11.5 Å². The third-order valence-corrected chi connectivity index (χ3v) is 3.79. The first-order valence-electron chi connectivity index (χ1n) is 5.18. The van der Waals surface area contributed by atoms with Crippen molar-refractivity contribution in [1.82, 2.24) is 0 Å². The van der Waals surface area contributed by atoms with E-state index in [4.69, 9.17) is 10.3 Å². The minimum absolute atomic E-state index is 0.0251. The Kier molecular flexibility index (Phi) is 4.62. The lowest BCUT2D eigenvalue weighted by molar-refractivity contribution is 0.483. The third-order valence-electron chi connectivity index (χ3n) is 2.49. The summed E-state index contributed by atoms with van der Waals surface area (Å²) in [6.07, 6.45) is 0. The second kappa shape index (κ2) is 5.61. The largest absolute Gasteiger partial charge is 0.387 e. The molecule has 0 heterocycles. The van der Waals surface area contributed by atoms with Crippen molar-refractivity contribution in [3.63, 3.8) is 0 Å². The van der Waals surface area contributed by atoms with Crippen LogP contribution in [0.15, 0.2) is 34.2 Å². The number of aliphatic imine (C=N–C) groups is 1. The number of rotatable bonds is 4. The Morgan fingerprint density at radius 1 is 1.39 bits per heavy atom. The minimum atomic E-state index is -4.17. The molecule has 1 atom stereocenters. The van der Waals surface area contributed by atoms with Crippen molar-refractivity contribution in [2.24, 2.45) is 16.6 Å². The van der Waals surface area contributed by atoms with Crippen LogP contribution in [0.4, 0.5) is 5.69 Å². The van der Waals surface area contributed by atoms with E-state index in [0.717, 1.165) is 5.29 Å². The SMILES string of the molecule is CC(=P)C(C)C(N)=Nc1ccc(S(=O)(=O)O)cc1. The molecule has 1 rings (SSSR count). The van der Waals surface area contributed by atoms with E-state index >= 15 is 0 Å². The molecule has 0 saturated carbocycles. The number of hydrogen-bond donors (Lipinski definition) is 2. The number of amidine groups is 1. The molecule has 5 nitrogen and oxygen atoms in total. The summed E-state index contributed by atoms with van der Waals surface area (Å²) in [5, 5.41) is 0.950. The van der Waals surface area contributed by atoms with Gasteiger partial charge in [-0.1, -0.05) is 6.92 Å². The van der Waals surface area contributed by atoms with Crippen molar-refractivity contribution in [3.05, 3.63) is 24.3 Å². The van der Waals surface area contributed by atoms with Crippen LogP contribution >= 0.6 is 8.86 Å². The minimum Gasteiger partial charge on any atom is -0.387 e. The molecule has 98 valence electrons. The highest BCUT2D eigenvalue weighted by Crippen LogP contribution is 2.17. The van der Waals surface area contributed by atoms with Crippen molar-refractivity contribution >= 4 is 35.8 Å². The molecular weight excluding hydrogens is 271 g/mol. The van der Waals surface area contributed by atoms with Crippen LogP contribution in [0.3, 0.4) is 0 Å². The van der Waals surface area contributed by atoms with E-state index in [9.17, 15) is 8.42 Å². The summed E-state index contributed by atoms with van der Waals surface area (Å²) in [6.45, 7) is 3.78. The molecule has 0 bridgehead atoms. The van der Waals surface area contributed by atoms with Crippen molar-refractivity contribution in [2.75, 3.05) is 0 Å². The van der Waals surface area contributed by atoms with Crippen molar-refractivity contribution in [3.8, 4) is 0 Å². The van der Waals surface area contributed by atoms with Gasteiger partial charge in [-0.2, -0.15) is 8.42 Å². The molecule has 0 spiro atoms. The summed E-state index contributed by atoms with van der Waals surface area (Å²) in [5.41, 5.74) is 6.33. The van der Waals surface area contributed by atoms with Crippen LogP contribution in [0.1, 0.15) is 13.8 Å². The van der Waals surface area contributed by atoms with E-state index < -0.39 is 10.1 Å². The highest BCUT2D eigenvalue weighted by Gasteiger charge is 2.10. The third kappa shape index (κ3) is 3.91. The van der Waals surface area contributed by atoms with Crippen LogP contribution in [-0.4, -0.2) is 24.1 Å². The maximum Gasteiger partial charge on any atom is 0.294 e. The zero-order valence-corrected chi connectivity index (χ0v) is 11.9. The second-order valence-electron chi connectivity index (χ2n) is 3.91. The smallest absolute Gasteiger partial charge is 0.294 e. The lowest BCUT2D eigenvalue weighted by Gasteiger charge is -2.09. The van der Waals surface area contributed by atoms with Crippen LogP contribution in [0.2, 0.25) is 0 Å². The first-order valence-corrected chi connectivity index (χ1v) is 7.12. The van der Waals surface area contributed by atoms with Gasteiger partial charge in [0, 0.05) is 5.92 Å². The molecule has 1 aromatic rings. The van der Waals surface area contributed by atoms with Gasteiger partial charge >= 0.3 is 0 Å². The van der Waals surface area contributed by atoms with E-state index in [1.165, 1.54) is 24.3 Å². The van der Waals surface area contributed by atoms with Gasteiger partial charge < -0.3 is 5.73 Å². The quantitative estimate of drug-likeness (QED) is 0.382. The zero-order chi connectivity index (χ0) is 13.9. The van der Waals surface area contributed by atoms with Gasteiger partial charge in [-0.3, -0.25) is 4.55 Å². The average Bonchev–Trinajstić information content (AvgIpc) is 2.27. The monoisotopic (exact) mass is 286 g/mol. The average molecular weight is 286 g/mol. The van der Waals surface area contributed by atoms with Gasteiger partial charge in [0.2, 0.25) is 0 Å². The Morgan fingerprint density at radius 2 is 1.89 bits per heavy atom. The first-order chi connectivity index (χ1) is 8.21. The molecule has 0 aromatic heterocycles. The van der Waals surface area contributed by atoms with Gasteiger partial charge in [0.1, 0.15) is 5.84 Å². The maximum atomic E-state index is 10.8. The van der Waals surface area contributed by atoms with Gasteiger partial charge in [0.15, 0.2) is 0 Å². The topological polar surface area (TPSA) is 92.8 Å². The summed E-state index contributed by atoms with van der Waals surface area (Å²) in [4.78, 5) is 4.00. The van der Waals surface area contributed by atoms with Crippen LogP contribution in [0.5, 0.6) is 0 Å². The van der Waals surface area contributed by atoms with Gasteiger partial charge in [-0.05, 0) is 36.5 Å². The number of nitrogens with zero attached hydrogens (tertiary/aromatic N) is 1. The van der Waals surface area contributed by atoms with Gasteiger partial charge in [-0.25, -0.2) is 4.99 Å². The molecule has 18 heavy (non-hydrogen) atoms. The van der Waals surface area contributed by atoms with Crippen LogP contribution in [0, 0.1) is 5.92 Å². The van der Waals surface area contributed by atoms with Gasteiger partial charge in [0.05, 0.1) is 10.6 Å². The van der Waals surface area contributed by atoms with Crippen molar-refractivity contribution < 1.29 is 13.0 Å². The van der Waals surface area contributed by atoms with Gasteiger partial charge in [0.25, 0.3) is 10.1 Å². The Bertz CT molecular complexity index is 579. The Balaban J connectivity index is 3.00. The fourth-order valence-electron chi connectivity index (χ4n) is 1.16. The summed E-state index contributed by atoms with van der Waals surface area (Å²) in [5.74, 6) is 0.394. The van der Waals surface area contributed by atoms with Crippen molar-refractivity contribution in [2.45, 2.75) is 18.7 Å². The lowest BCUT2D eigenvalue weighted by Crippen LogP contribution is -2.25. The summed E-state index contributed by atoms with van der Waals surface area (Å²) >= 11 is 0. The first kappa shape index (κ1) is 14.8. The predicted molar refractivity (Wildman–Crippen MR) is 75.7 cm³/mol. The molecule has 1 unspecified atom stereocenters. The van der Waals surface area contributed by atoms with Crippen molar-refractivity contribution in [1.29, 1.82) is 0 Å². The van der Waals surface area contributed by atoms with Gasteiger partial charge in [-0.15, -0.1) is 8.86 Å². The second-order valence-corrected chi connectivity index (χ2v) is 6.12. The number of nitrogens with two attached hydrogens (primary N) is 1. The molecule has 7 heteroatoms. The Hall–Kier alpha value is -1.23. The standard InChI is InChI=1S/C11H15N2O3PS/c1-7(8(2)17)11(12)13-9-3-5-10(6-4-9)18(14,15)16/h3-7,17H,1-2H3,(H2,12,13)(H,14,15,16). The summed E-state index contributed by atoms with van der Waals surface area (Å²) < 4.78 is 30.5. The molecule has 0 aliphatic rings. The predicted octanol–water partition coefficient (Wildman–Crippen LogP) is 1.89. The lowest BCUT2D eigenvalue weighted by atomic mass is 10.1. The molecule has 0 saturated heterocycles. The fraction of sp³-hybridized carbons (Fsp3) is 0.273.